The van der Waals surface area contributed by atoms with Gasteiger partial charge in [0.15, 0.2) is 0 Å². The first kappa shape index (κ1) is 13.5. The molecule has 0 aliphatic carbocycles. The summed E-state index contributed by atoms with van der Waals surface area (Å²) in [5.74, 6) is -0.0192. The van der Waals surface area contributed by atoms with Crippen molar-refractivity contribution in [1.82, 2.24) is 14.7 Å². The van der Waals surface area contributed by atoms with Gasteiger partial charge in [0.05, 0.1) is 11.4 Å². The van der Waals surface area contributed by atoms with E-state index in [-0.39, 0.29) is 5.91 Å². The maximum absolute atomic E-state index is 12.4. The molecule has 1 amide bonds. The maximum atomic E-state index is 12.4. The van der Waals surface area contributed by atoms with Crippen LogP contribution in [0.2, 0.25) is 0 Å². The smallest absolute Gasteiger partial charge is 0.274 e. The highest BCUT2D eigenvalue weighted by Crippen LogP contribution is 2.17. The van der Waals surface area contributed by atoms with Gasteiger partial charge in [-0.1, -0.05) is 13.8 Å². The molecule has 0 bridgehead atoms. The number of aryl methyl sites for hydroxylation is 2. The van der Waals surface area contributed by atoms with Crippen LogP contribution in [0.4, 0.5) is 5.69 Å². The number of nitrogens with two attached hydrogens (primary N) is 1. The van der Waals surface area contributed by atoms with Gasteiger partial charge >= 0.3 is 0 Å². The average Bonchev–Trinajstić information content (AvgIpc) is 2.52. The summed E-state index contributed by atoms with van der Waals surface area (Å²) in [6, 6.07) is 0. The number of aromatic nitrogens is 2. The van der Waals surface area contributed by atoms with Gasteiger partial charge in [-0.3, -0.25) is 9.48 Å². The lowest BCUT2D eigenvalue weighted by molar-refractivity contribution is 0.0745. The maximum Gasteiger partial charge on any atom is 0.274 e. The predicted molar refractivity (Wildman–Crippen MR) is 68.8 cm³/mol. The highest BCUT2D eigenvalue weighted by molar-refractivity contribution is 5.97. The Morgan fingerprint density at radius 2 is 1.88 bits per heavy atom. The number of carbonyl (C=O) groups excluding carboxylic acids is 1. The third-order valence-electron chi connectivity index (χ3n) is 2.75. The van der Waals surface area contributed by atoms with E-state index in [1.54, 1.807) is 11.7 Å². The molecule has 0 aromatic carbocycles. The Labute approximate surface area is 103 Å². The molecule has 5 heteroatoms. The van der Waals surface area contributed by atoms with Crippen molar-refractivity contribution in [3.05, 3.63) is 11.4 Å². The molecule has 1 heterocycles. The van der Waals surface area contributed by atoms with Crippen LogP contribution in [0.5, 0.6) is 0 Å². The summed E-state index contributed by atoms with van der Waals surface area (Å²) in [6.45, 7) is 7.46. The minimum Gasteiger partial charge on any atom is -0.395 e. The second-order valence-corrected chi connectivity index (χ2v) is 4.26. The average molecular weight is 238 g/mol. The Morgan fingerprint density at radius 1 is 1.35 bits per heavy atom. The van der Waals surface area contributed by atoms with E-state index in [0.717, 1.165) is 25.9 Å². The van der Waals surface area contributed by atoms with E-state index < -0.39 is 0 Å². The molecule has 2 N–H and O–H groups in total. The van der Waals surface area contributed by atoms with Crippen LogP contribution in [0.15, 0.2) is 0 Å². The van der Waals surface area contributed by atoms with Crippen molar-refractivity contribution in [3.8, 4) is 0 Å². The summed E-state index contributed by atoms with van der Waals surface area (Å²) < 4.78 is 1.57. The predicted octanol–water partition coefficient (Wildman–Crippen LogP) is 1.57. The van der Waals surface area contributed by atoms with E-state index in [1.807, 2.05) is 11.8 Å². The van der Waals surface area contributed by atoms with Crippen molar-refractivity contribution >= 4 is 11.6 Å². The minimum absolute atomic E-state index is 0.0192. The monoisotopic (exact) mass is 238 g/mol. The van der Waals surface area contributed by atoms with E-state index >= 15 is 0 Å². The van der Waals surface area contributed by atoms with E-state index in [1.165, 1.54) is 0 Å². The number of carbonyl (C=O) groups is 1. The number of hydrogen-bond acceptors (Lipinski definition) is 3. The fourth-order valence-electron chi connectivity index (χ4n) is 1.93. The highest BCUT2D eigenvalue weighted by Gasteiger charge is 2.22. The molecule has 0 aliphatic heterocycles. The summed E-state index contributed by atoms with van der Waals surface area (Å²) >= 11 is 0. The zero-order chi connectivity index (χ0) is 13.0. The number of amides is 1. The number of anilines is 1. The fourth-order valence-corrected chi connectivity index (χ4v) is 1.93. The van der Waals surface area contributed by atoms with Gasteiger partial charge in [0.1, 0.15) is 5.69 Å². The van der Waals surface area contributed by atoms with Crippen LogP contribution in [0.1, 0.15) is 42.9 Å². The van der Waals surface area contributed by atoms with Crippen LogP contribution in [0.3, 0.4) is 0 Å². The van der Waals surface area contributed by atoms with Gasteiger partial charge in [-0.05, 0) is 19.8 Å². The topological polar surface area (TPSA) is 64.2 Å². The molecule has 0 unspecified atom stereocenters. The number of nitrogen functional groups attached to an aromatic ring is 1. The van der Waals surface area contributed by atoms with Gasteiger partial charge < -0.3 is 10.6 Å². The van der Waals surface area contributed by atoms with E-state index in [4.69, 9.17) is 5.73 Å². The SMILES string of the molecule is CCCN(CCC)C(=O)c1c(N)c(C)nn1C. The third-order valence-corrected chi connectivity index (χ3v) is 2.75. The van der Waals surface area contributed by atoms with E-state index in [9.17, 15) is 4.79 Å². The number of rotatable bonds is 5. The molecule has 0 saturated carbocycles. The summed E-state index contributed by atoms with van der Waals surface area (Å²) in [6.07, 6.45) is 1.89. The molecule has 17 heavy (non-hydrogen) atoms. The standard InChI is InChI=1S/C12H22N4O/c1-5-7-16(8-6-2)12(17)11-10(13)9(3)14-15(11)4/h5-8,13H2,1-4H3. The molecule has 1 aromatic heterocycles. The number of nitrogens with zero attached hydrogens (tertiary/aromatic N) is 3. The Kier molecular flexibility index (Phi) is 4.54. The lowest BCUT2D eigenvalue weighted by Crippen LogP contribution is -2.34. The molecule has 1 aromatic rings. The van der Waals surface area contributed by atoms with Crippen molar-refractivity contribution in [1.29, 1.82) is 0 Å². The zero-order valence-electron chi connectivity index (χ0n) is 11.2. The number of hydrogen-bond donors (Lipinski definition) is 1. The largest absolute Gasteiger partial charge is 0.395 e. The molecular formula is C12H22N4O. The van der Waals surface area contributed by atoms with Gasteiger partial charge in [-0.15, -0.1) is 0 Å². The first-order valence-corrected chi connectivity index (χ1v) is 6.11. The van der Waals surface area contributed by atoms with Gasteiger partial charge in [0.2, 0.25) is 0 Å². The van der Waals surface area contributed by atoms with Gasteiger partial charge in [-0.2, -0.15) is 5.10 Å². The Bertz CT molecular complexity index is 391. The summed E-state index contributed by atoms with van der Waals surface area (Å²) in [5.41, 5.74) is 7.61. The van der Waals surface area contributed by atoms with Gasteiger partial charge in [-0.25, -0.2) is 0 Å². The van der Waals surface area contributed by atoms with Crippen LogP contribution < -0.4 is 5.73 Å². The summed E-state index contributed by atoms with van der Waals surface area (Å²) in [5, 5.41) is 4.18. The Balaban J connectivity index is 3.00. The molecule has 0 spiro atoms. The van der Waals surface area contributed by atoms with Crippen molar-refractivity contribution in [2.75, 3.05) is 18.8 Å². The molecule has 0 atom stereocenters. The first-order valence-electron chi connectivity index (χ1n) is 6.11. The molecule has 96 valence electrons. The van der Waals surface area contributed by atoms with Crippen molar-refractivity contribution in [2.45, 2.75) is 33.6 Å². The van der Waals surface area contributed by atoms with E-state index in [2.05, 4.69) is 18.9 Å². The first-order chi connectivity index (χ1) is 8.02. The summed E-state index contributed by atoms with van der Waals surface area (Å²) in [4.78, 5) is 14.2. The second kappa shape index (κ2) is 5.70. The molecule has 5 nitrogen and oxygen atoms in total. The fraction of sp³-hybridized carbons (Fsp3) is 0.667. The normalized spacial score (nSPS) is 10.6. The second-order valence-electron chi connectivity index (χ2n) is 4.26. The van der Waals surface area contributed by atoms with Crippen molar-refractivity contribution in [3.63, 3.8) is 0 Å². The van der Waals surface area contributed by atoms with Gasteiger partial charge in [0.25, 0.3) is 5.91 Å². The minimum atomic E-state index is -0.0192. The zero-order valence-corrected chi connectivity index (χ0v) is 11.2. The molecule has 0 saturated heterocycles. The molecule has 0 fully saturated rings. The molecular weight excluding hydrogens is 216 g/mol. The van der Waals surface area contributed by atoms with Gasteiger partial charge in [0, 0.05) is 20.1 Å². The molecule has 0 aliphatic rings. The van der Waals surface area contributed by atoms with Crippen molar-refractivity contribution < 1.29 is 4.79 Å². The lowest BCUT2D eigenvalue weighted by Gasteiger charge is -2.21. The van der Waals surface area contributed by atoms with Crippen LogP contribution in [-0.2, 0) is 7.05 Å². The van der Waals surface area contributed by atoms with Crippen LogP contribution in [-0.4, -0.2) is 33.7 Å². The van der Waals surface area contributed by atoms with Crippen LogP contribution in [0, 0.1) is 6.92 Å². The highest BCUT2D eigenvalue weighted by atomic mass is 16.2. The molecule has 1 rings (SSSR count). The Hall–Kier alpha value is -1.52. The van der Waals surface area contributed by atoms with Crippen molar-refractivity contribution in [2.24, 2.45) is 7.05 Å². The quantitative estimate of drug-likeness (QED) is 0.847. The third kappa shape index (κ3) is 2.78. The van der Waals surface area contributed by atoms with E-state index in [0.29, 0.717) is 17.1 Å². The Morgan fingerprint density at radius 3 is 2.24 bits per heavy atom. The van der Waals surface area contributed by atoms with Crippen LogP contribution in [0.25, 0.3) is 0 Å². The lowest BCUT2D eigenvalue weighted by atomic mass is 10.2. The molecule has 0 radical (unpaired) electrons. The van der Waals surface area contributed by atoms with Crippen LogP contribution >= 0.6 is 0 Å². The summed E-state index contributed by atoms with van der Waals surface area (Å²) in [7, 11) is 1.76.